The summed E-state index contributed by atoms with van der Waals surface area (Å²) in [4.78, 5) is 19.5. The van der Waals surface area contributed by atoms with Crippen LogP contribution in [0, 0.1) is 5.82 Å². The molecule has 4 rings (SSSR count). The van der Waals surface area contributed by atoms with E-state index in [1.165, 1.54) is 6.07 Å². The van der Waals surface area contributed by atoms with Gasteiger partial charge in [0.25, 0.3) is 0 Å². The van der Waals surface area contributed by atoms with E-state index in [1.54, 1.807) is 6.07 Å². The van der Waals surface area contributed by atoms with E-state index < -0.39 is 0 Å². The summed E-state index contributed by atoms with van der Waals surface area (Å²) >= 11 is 0. The largest absolute Gasteiger partial charge is 0.421 e. The Bertz CT molecular complexity index is 1090. The van der Waals surface area contributed by atoms with Gasteiger partial charge in [-0.2, -0.15) is 0 Å². The number of piperazine rings is 1. The van der Waals surface area contributed by atoms with E-state index >= 15 is 4.39 Å². The minimum absolute atomic E-state index is 0.117. The first-order chi connectivity index (χ1) is 16.5. The van der Waals surface area contributed by atoms with Gasteiger partial charge >= 0.3 is 0 Å². The van der Waals surface area contributed by atoms with E-state index in [9.17, 15) is 4.79 Å². The van der Waals surface area contributed by atoms with Crippen molar-refractivity contribution in [2.75, 3.05) is 44.2 Å². The Morgan fingerprint density at radius 1 is 1.03 bits per heavy atom. The van der Waals surface area contributed by atoms with Gasteiger partial charge in [-0.05, 0) is 37.6 Å². The monoisotopic (exact) mass is 465 g/mol. The molecule has 0 bridgehead atoms. The Morgan fingerprint density at radius 3 is 2.32 bits per heavy atom. The molecule has 1 aromatic heterocycles. The molecule has 0 spiro atoms. The fourth-order valence-electron chi connectivity index (χ4n) is 4.48. The predicted octanol–water partition coefficient (Wildman–Crippen LogP) is 4.17. The normalized spacial score (nSPS) is 15.4. The van der Waals surface area contributed by atoms with Crippen LogP contribution in [0.15, 0.2) is 52.9 Å². The number of hydrogen-bond donors (Lipinski definition) is 0. The summed E-state index contributed by atoms with van der Waals surface area (Å²) in [7, 11) is 0. The lowest BCUT2D eigenvalue weighted by atomic mass is 10.0. The van der Waals surface area contributed by atoms with Crippen LogP contribution in [0.2, 0.25) is 0 Å². The van der Waals surface area contributed by atoms with Crippen molar-refractivity contribution in [3.8, 4) is 11.5 Å². The van der Waals surface area contributed by atoms with Crippen molar-refractivity contribution in [3.05, 3.63) is 65.8 Å². The van der Waals surface area contributed by atoms with Crippen LogP contribution >= 0.6 is 0 Å². The molecular weight excluding hydrogens is 433 g/mol. The highest BCUT2D eigenvalue weighted by molar-refractivity contribution is 5.83. The summed E-state index contributed by atoms with van der Waals surface area (Å²) in [5, 5.41) is 7.96. The van der Waals surface area contributed by atoms with Gasteiger partial charge in [-0.25, -0.2) is 4.39 Å². The van der Waals surface area contributed by atoms with Crippen LogP contribution in [-0.2, 0) is 11.2 Å². The zero-order valence-electron chi connectivity index (χ0n) is 20.1. The van der Waals surface area contributed by atoms with Gasteiger partial charge in [0.05, 0.1) is 5.69 Å². The summed E-state index contributed by atoms with van der Waals surface area (Å²) in [5.41, 5.74) is 2.11. The fourth-order valence-corrected chi connectivity index (χ4v) is 4.48. The Labute approximate surface area is 200 Å². The van der Waals surface area contributed by atoms with Crippen molar-refractivity contribution >= 4 is 11.6 Å². The molecule has 1 amide bonds. The molecule has 1 unspecified atom stereocenters. The molecule has 1 fully saturated rings. The zero-order valence-corrected chi connectivity index (χ0v) is 20.1. The Hall–Kier alpha value is -3.26. The molecule has 34 heavy (non-hydrogen) atoms. The minimum Gasteiger partial charge on any atom is -0.421 e. The molecule has 180 valence electrons. The molecule has 0 aliphatic carbocycles. The highest BCUT2D eigenvalue weighted by Gasteiger charge is 2.33. The molecule has 3 aromatic rings. The molecule has 8 heteroatoms. The topological polar surface area (TPSA) is 65.7 Å². The van der Waals surface area contributed by atoms with Crippen LogP contribution in [0.1, 0.15) is 38.3 Å². The number of anilines is 1. The number of carbonyl (C=O) groups is 1. The zero-order chi connectivity index (χ0) is 24.1. The molecule has 1 aliphatic rings. The average Bonchev–Trinajstić information content (AvgIpc) is 3.36. The highest BCUT2D eigenvalue weighted by atomic mass is 19.1. The molecule has 0 saturated carbocycles. The van der Waals surface area contributed by atoms with Crippen LogP contribution in [0.3, 0.4) is 0 Å². The van der Waals surface area contributed by atoms with E-state index in [0.717, 1.165) is 5.56 Å². The number of aryl methyl sites for hydroxylation is 1. The smallest absolute Gasteiger partial charge is 0.247 e. The van der Waals surface area contributed by atoms with Crippen LogP contribution in [0.5, 0.6) is 0 Å². The maximum Gasteiger partial charge on any atom is 0.247 e. The maximum atomic E-state index is 15.0. The molecule has 0 N–H and O–H groups in total. The number of amides is 1. The van der Waals surface area contributed by atoms with E-state index in [1.807, 2.05) is 67.0 Å². The van der Waals surface area contributed by atoms with Crippen LogP contribution < -0.4 is 4.90 Å². The standard InChI is InChI=1S/C26H32FN5O2/c1-4-23-28-29-25(34-23)20-12-13-22(21(27)18-20)31-14-16-32(17-15-31)24(19-10-8-7-9-11-19)26(33)30(5-2)6-3/h7-13,18,24H,4-6,14-17H2,1-3H3. The molecular formula is C26H32FN5O2. The van der Waals surface area contributed by atoms with Crippen molar-refractivity contribution in [1.29, 1.82) is 0 Å². The second-order valence-corrected chi connectivity index (χ2v) is 8.37. The van der Waals surface area contributed by atoms with Gasteiger partial charge < -0.3 is 14.2 Å². The van der Waals surface area contributed by atoms with Gasteiger partial charge in [-0.3, -0.25) is 9.69 Å². The second-order valence-electron chi connectivity index (χ2n) is 8.37. The molecule has 1 saturated heterocycles. The van der Waals surface area contributed by atoms with E-state index in [2.05, 4.69) is 15.1 Å². The Kier molecular flexibility index (Phi) is 7.57. The summed E-state index contributed by atoms with van der Waals surface area (Å²) < 4.78 is 20.6. The third-order valence-electron chi connectivity index (χ3n) is 6.41. The quantitative estimate of drug-likeness (QED) is 0.498. The van der Waals surface area contributed by atoms with Crippen LogP contribution in [-0.4, -0.2) is 65.2 Å². The maximum absolute atomic E-state index is 15.0. The van der Waals surface area contributed by atoms with E-state index in [0.29, 0.717) is 68.7 Å². The lowest BCUT2D eigenvalue weighted by Crippen LogP contribution is -2.51. The lowest BCUT2D eigenvalue weighted by Gasteiger charge is -2.41. The molecule has 2 aromatic carbocycles. The van der Waals surface area contributed by atoms with Crippen molar-refractivity contribution in [2.24, 2.45) is 0 Å². The highest BCUT2D eigenvalue weighted by Crippen LogP contribution is 2.29. The number of aromatic nitrogens is 2. The van der Waals surface area contributed by atoms with Gasteiger partial charge in [0.2, 0.25) is 17.7 Å². The third-order valence-corrected chi connectivity index (χ3v) is 6.41. The lowest BCUT2D eigenvalue weighted by molar-refractivity contribution is -0.137. The Balaban J connectivity index is 1.49. The van der Waals surface area contributed by atoms with Crippen LogP contribution in [0.4, 0.5) is 10.1 Å². The summed E-state index contributed by atoms with van der Waals surface area (Å²) in [6.45, 7) is 9.88. The summed E-state index contributed by atoms with van der Waals surface area (Å²) in [6.07, 6.45) is 0.637. The Morgan fingerprint density at radius 2 is 1.74 bits per heavy atom. The molecule has 7 nitrogen and oxygen atoms in total. The number of likely N-dealkylation sites (N-methyl/N-ethyl adjacent to an activating group) is 1. The van der Waals surface area contributed by atoms with E-state index in [-0.39, 0.29) is 17.8 Å². The van der Waals surface area contributed by atoms with Gasteiger partial charge in [-0.15, -0.1) is 10.2 Å². The third kappa shape index (κ3) is 4.97. The predicted molar refractivity (Wildman–Crippen MR) is 130 cm³/mol. The molecule has 0 radical (unpaired) electrons. The van der Waals surface area contributed by atoms with Gasteiger partial charge in [0, 0.05) is 51.3 Å². The number of carbonyl (C=O) groups excluding carboxylic acids is 1. The minimum atomic E-state index is -0.333. The van der Waals surface area contributed by atoms with Crippen LogP contribution in [0.25, 0.3) is 11.5 Å². The first-order valence-electron chi connectivity index (χ1n) is 12.0. The summed E-state index contributed by atoms with van der Waals surface area (Å²) in [5.74, 6) is 0.655. The SMILES string of the molecule is CCc1nnc(-c2ccc(N3CCN(C(C(=O)N(CC)CC)c4ccccc4)CC3)c(F)c2)o1. The number of rotatable bonds is 8. The van der Waals surface area contributed by atoms with Crippen molar-refractivity contribution in [2.45, 2.75) is 33.2 Å². The number of hydrogen-bond acceptors (Lipinski definition) is 6. The second kappa shape index (κ2) is 10.8. The van der Waals surface area contributed by atoms with E-state index in [4.69, 9.17) is 4.42 Å². The number of nitrogens with zero attached hydrogens (tertiary/aromatic N) is 5. The van der Waals surface area contributed by atoms with Crippen molar-refractivity contribution in [1.82, 2.24) is 20.0 Å². The van der Waals surface area contributed by atoms with Gasteiger partial charge in [-0.1, -0.05) is 37.3 Å². The van der Waals surface area contributed by atoms with Gasteiger partial charge in [0.1, 0.15) is 11.9 Å². The van der Waals surface area contributed by atoms with Crippen molar-refractivity contribution < 1.29 is 13.6 Å². The molecule has 2 heterocycles. The first kappa shape index (κ1) is 23.9. The molecule has 1 atom stereocenters. The summed E-state index contributed by atoms with van der Waals surface area (Å²) in [6, 6.07) is 14.6. The molecule has 1 aliphatic heterocycles. The average molecular weight is 466 g/mol. The van der Waals surface area contributed by atoms with Crippen molar-refractivity contribution in [3.63, 3.8) is 0 Å². The number of halogens is 1. The first-order valence-corrected chi connectivity index (χ1v) is 12.0. The fraction of sp³-hybridized carbons (Fsp3) is 0.423. The number of benzene rings is 2. The van der Waals surface area contributed by atoms with Gasteiger partial charge in [0.15, 0.2) is 0 Å².